The first kappa shape index (κ1) is 19.7. The Morgan fingerprint density at radius 1 is 1.24 bits per heavy atom. The summed E-state index contributed by atoms with van der Waals surface area (Å²) in [6.45, 7) is 7.25. The first-order valence-corrected chi connectivity index (χ1v) is 9.66. The molecule has 0 bridgehead atoms. The molecule has 1 aromatic heterocycles. The first-order valence-electron chi connectivity index (χ1n) is 9.66. The van der Waals surface area contributed by atoms with E-state index in [4.69, 9.17) is 9.47 Å². The molecule has 5 heteroatoms. The molecule has 1 amide bonds. The lowest BCUT2D eigenvalue weighted by Gasteiger charge is -2.31. The highest BCUT2D eigenvalue weighted by Gasteiger charge is 2.39. The van der Waals surface area contributed by atoms with Gasteiger partial charge in [-0.2, -0.15) is 0 Å². The van der Waals surface area contributed by atoms with Crippen molar-refractivity contribution >= 4 is 11.6 Å². The van der Waals surface area contributed by atoms with Crippen LogP contribution < -0.4 is 10.1 Å². The van der Waals surface area contributed by atoms with Crippen LogP contribution >= 0.6 is 0 Å². The zero-order valence-corrected chi connectivity index (χ0v) is 15.9. The van der Waals surface area contributed by atoms with Crippen molar-refractivity contribution in [2.45, 2.75) is 77.7 Å². The minimum Gasteiger partial charge on any atom is -0.477 e. The molecular formula is C20H32N2O3. The number of carbonyl (C=O) groups excluding carboxylic acids is 1. The second kappa shape index (κ2) is 9.76. The summed E-state index contributed by atoms with van der Waals surface area (Å²) >= 11 is 0. The summed E-state index contributed by atoms with van der Waals surface area (Å²) in [5.74, 6) is 0.595. The number of pyridine rings is 1. The van der Waals surface area contributed by atoms with E-state index in [1.165, 1.54) is 12.8 Å². The Labute approximate surface area is 151 Å². The van der Waals surface area contributed by atoms with Gasteiger partial charge < -0.3 is 14.8 Å². The maximum Gasteiger partial charge on any atom is 0.256 e. The number of aromatic nitrogens is 1. The predicted molar refractivity (Wildman–Crippen MR) is 100 cm³/mol. The van der Waals surface area contributed by atoms with Crippen LogP contribution in [0.3, 0.4) is 0 Å². The SMILES string of the molecule is CCCCOc1ncc(NC(=O)C2(OCC)CCCCCC2)cc1C. The summed E-state index contributed by atoms with van der Waals surface area (Å²) in [6, 6.07) is 1.92. The lowest BCUT2D eigenvalue weighted by molar-refractivity contribution is -0.143. The van der Waals surface area contributed by atoms with Crippen LogP contribution in [0.4, 0.5) is 5.69 Å². The zero-order chi connectivity index (χ0) is 18.1. The van der Waals surface area contributed by atoms with Crippen LogP contribution in [-0.4, -0.2) is 29.7 Å². The van der Waals surface area contributed by atoms with Crippen LogP contribution in [0.5, 0.6) is 5.88 Å². The van der Waals surface area contributed by atoms with Gasteiger partial charge in [-0.05, 0) is 39.2 Å². The summed E-state index contributed by atoms with van der Waals surface area (Å²) < 4.78 is 11.6. The second-order valence-corrected chi connectivity index (χ2v) is 6.84. The Kier molecular flexibility index (Phi) is 7.69. The number of nitrogens with one attached hydrogen (secondary N) is 1. The molecule has 0 spiro atoms. The van der Waals surface area contributed by atoms with Crippen molar-refractivity contribution in [2.75, 3.05) is 18.5 Å². The van der Waals surface area contributed by atoms with Crippen molar-refractivity contribution in [3.05, 3.63) is 17.8 Å². The monoisotopic (exact) mass is 348 g/mol. The highest BCUT2D eigenvalue weighted by atomic mass is 16.5. The van der Waals surface area contributed by atoms with Crippen LogP contribution in [0.25, 0.3) is 0 Å². The number of hydrogen-bond acceptors (Lipinski definition) is 4. The standard InChI is InChI=1S/C20H32N2O3/c1-4-6-13-24-18-16(3)14-17(15-21-18)22-19(23)20(25-5-2)11-9-7-8-10-12-20/h14-15H,4-13H2,1-3H3,(H,22,23). The number of ether oxygens (including phenoxy) is 2. The largest absolute Gasteiger partial charge is 0.477 e. The molecule has 1 saturated carbocycles. The highest BCUT2D eigenvalue weighted by Crippen LogP contribution is 2.32. The van der Waals surface area contributed by atoms with Crippen LogP contribution in [0.2, 0.25) is 0 Å². The molecule has 0 atom stereocenters. The van der Waals surface area contributed by atoms with Crippen molar-refractivity contribution in [3.8, 4) is 5.88 Å². The van der Waals surface area contributed by atoms with E-state index in [1.807, 2.05) is 19.9 Å². The smallest absolute Gasteiger partial charge is 0.256 e. The molecule has 1 aliphatic carbocycles. The summed E-state index contributed by atoms with van der Waals surface area (Å²) in [5, 5.41) is 3.02. The van der Waals surface area contributed by atoms with Gasteiger partial charge in [-0.15, -0.1) is 0 Å². The Balaban J connectivity index is 2.06. The van der Waals surface area contributed by atoms with Gasteiger partial charge in [-0.3, -0.25) is 4.79 Å². The number of hydrogen-bond donors (Lipinski definition) is 1. The lowest BCUT2D eigenvalue weighted by Crippen LogP contribution is -2.45. The number of unbranched alkanes of at least 4 members (excludes halogenated alkanes) is 1. The molecule has 0 aromatic carbocycles. The number of rotatable bonds is 8. The average molecular weight is 348 g/mol. The minimum absolute atomic E-state index is 0.0444. The molecule has 140 valence electrons. The van der Waals surface area contributed by atoms with Crippen molar-refractivity contribution in [2.24, 2.45) is 0 Å². The number of anilines is 1. The minimum atomic E-state index is -0.699. The fraction of sp³-hybridized carbons (Fsp3) is 0.700. The van der Waals surface area contributed by atoms with Crippen LogP contribution in [0.15, 0.2) is 12.3 Å². The molecule has 1 N–H and O–H groups in total. The van der Waals surface area contributed by atoms with E-state index in [-0.39, 0.29) is 5.91 Å². The van der Waals surface area contributed by atoms with Crippen molar-refractivity contribution in [1.82, 2.24) is 4.98 Å². The molecule has 1 fully saturated rings. The van der Waals surface area contributed by atoms with E-state index in [2.05, 4.69) is 17.2 Å². The Morgan fingerprint density at radius 2 is 1.96 bits per heavy atom. The van der Waals surface area contributed by atoms with Gasteiger partial charge in [0.05, 0.1) is 18.5 Å². The summed E-state index contributed by atoms with van der Waals surface area (Å²) in [6.07, 6.45) is 9.77. The van der Waals surface area contributed by atoms with E-state index < -0.39 is 5.60 Å². The van der Waals surface area contributed by atoms with E-state index >= 15 is 0 Å². The third-order valence-corrected chi connectivity index (χ3v) is 4.77. The lowest BCUT2D eigenvalue weighted by atomic mass is 9.93. The molecule has 2 rings (SSSR count). The van der Waals surface area contributed by atoms with Gasteiger partial charge >= 0.3 is 0 Å². The quantitative estimate of drug-likeness (QED) is 0.549. The molecule has 0 aliphatic heterocycles. The van der Waals surface area contributed by atoms with E-state index in [0.29, 0.717) is 24.8 Å². The normalized spacial score (nSPS) is 16.9. The number of aryl methyl sites for hydroxylation is 1. The van der Waals surface area contributed by atoms with Gasteiger partial charge in [-0.25, -0.2) is 4.98 Å². The molecule has 1 aliphatic rings. The number of carbonyl (C=O) groups is 1. The Bertz CT molecular complexity index is 552. The van der Waals surface area contributed by atoms with Crippen molar-refractivity contribution in [1.29, 1.82) is 0 Å². The van der Waals surface area contributed by atoms with Gasteiger partial charge in [0.25, 0.3) is 5.91 Å². The molecule has 1 aromatic rings. The van der Waals surface area contributed by atoms with E-state index in [9.17, 15) is 4.79 Å². The molecule has 0 radical (unpaired) electrons. The topological polar surface area (TPSA) is 60.5 Å². The Hall–Kier alpha value is -1.62. The molecule has 1 heterocycles. The first-order chi connectivity index (χ1) is 12.1. The van der Waals surface area contributed by atoms with E-state index in [0.717, 1.165) is 44.1 Å². The maximum atomic E-state index is 12.9. The fourth-order valence-corrected chi connectivity index (χ4v) is 3.35. The van der Waals surface area contributed by atoms with Crippen LogP contribution in [-0.2, 0) is 9.53 Å². The van der Waals surface area contributed by atoms with Gasteiger partial charge in [-0.1, -0.05) is 39.0 Å². The van der Waals surface area contributed by atoms with Gasteiger partial charge in [0.1, 0.15) is 5.60 Å². The third-order valence-electron chi connectivity index (χ3n) is 4.77. The van der Waals surface area contributed by atoms with Crippen molar-refractivity contribution < 1.29 is 14.3 Å². The summed E-state index contributed by atoms with van der Waals surface area (Å²) in [7, 11) is 0. The molecule has 0 saturated heterocycles. The third kappa shape index (κ3) is 5.43. The highest BCUT2D eigenvalue weighted by molar-refractivity contribution is 5.97. The molecule has 0 unspecified atom stereocenters. The van der Waals surface area contributed by atoms with Crippen LogP contribution in [0.1, 0.15) is 70.8 Å². The van der Waals surface area contributed by atoms with Crippen LogP contribution in [0, 0.1) is 6.92 Å². The van der Waals surface area contributed by atoms with E-state index in [1.54, 1.807) is 6.20 Å². The average Bonchev–Trinajstić information content (AvgIpc) is 2.84. The molecular weight excluding hydrogens is 316 g/mol. The molecule has 25 heavy (non-hydrogen) atoms. The van der Waals surface area contributed by atoms with Gasteiger partial charge in [0.15, 0.2) is 0 Å². The Morgan fingerprint density at radius 3 is 2.56 bits per heavy atom. The number of amides is 1. The van der Waals surface area contributed by atoms with Gasteiger partial charge in [0, 0.05) is 12.2 Å². The second-order valence-electron chi connectivity index (χ2n) is 6.84. The predicted octanol–water partition coefficient (Wildman–Crippen LogP) is 4.64. The summed E-state index contributed by atoms with van der Waals surface area (Å²) in [5.41, 5.74) is 0.934. The van der Waals surface area contributed by atoms with Crippen molar-refractivity contribution in [3.63, 3.8) is 0 Å². The zero-order valence-electron chi connectivity index (χ0n) is 15.9. The van der Waals surface area contributed by atoms with Gasteiger partial charge in [0.2, 0.25) is 5.88 Å². The molecule has 5 nitrogen and oxygen atoms in total. The summed E-state index contributed by atoms with van der Waals surface area (Å²) in [4.78, 5) is 17.3. The number of nitrogens with zero attached hydrogens (tertiary/aromatic N) is 1. The maximum absolute atomic E-state index is 12.9. The fourth-order valence-electron chi connectivity index (χ4n) is 3.35.